The first-order valence-corrected chi connectivity index (χ1v) is 10.3. The van der Waals surface area contributed by atoms with Crippen LogP contribution in [0.4, 0.5) is 0 Å². The third-order valence-corrected chi connectivity index (χ3v) is 7.15. The number of furan rings is 1. The van der Waals surface area contributed by atoms with Crippen molar-refractivity contribution in [2.24, 2.45) is 17.8 Å². The molecule has 1 atom stereocenters. The molecule has 1 N–H and O–H groups in total. The molecule has 0 aliphatic heterocycles. The monoisotopic (exact) mass is 373 g/mol. The number of amides is 1. The van der Waals surface area contributed by atoms with E-state index in [0.29, 0.717) is 16.9 Å². The van der Waals surface area contributed by atoms with E-state index in [0.717, 1.165) is 37.0 Å². The zero-order chi connectivity index (χ0) is 17.7. The van der Waals surface area contributed by atoms with E-state index in [1.54, 1.807) is 18.4 Å². The van der Waals surface area contributed by atoms with E-state index in [4.69, 9.17) is 8.83 Å². The molecule has 1 unspecified atom stereocenters. The van der Waals surface area contributed by atoms with E-state index >= 15 is 0 Å². The predicted octanol–water partition coefficient (Wildman–Crippen LogP) is 3.90. The molecule has 2 heterocycles. The molecule has 0 radical (unpaired) electrons. The van der Waals surface area contributed by atoms with Gasteiger partial charge in [0.2, 0.25) is 5.91 Å². The molecule has 4 aliphatic rings. The van der Waals surface area contributed by atoms with Gasteiger partial charge in [-0.2, -0.15) is 0 Å². The Bertz CT molecular complexity index is 766. The first-order valence-electron chi connectivity index (χ1n) is 9.45. The van der Waals surface area contributed by atoms with Gasteiger partial charge in [0.05, 0.1) is 11.5 Å². The largest absolute Gasteiger partial charge is 0.459 e. The van der Waals surface area contributed by atoms with Crippen molar-refractivity contribution in [3.63, 3.8) is 0 Å². The molecule has 138 valence electrons. The zero-order valence-corrected chi connectivity index (χ0v) is 15.6. The SMILES string of the molecule is CC(Sc1nnc(-c2ccco2)o1)C(=O)NC12CC3CC(CC(C3)C1)C2. The summed E-state index contributed by atoms with van der Waals surface area (Å²) in [6, 6.07) is 3.54. The lowest BCUT2D eigenvalue weighted by Gasteiger charge is -2.57. The van der Waals surface area contributed by atoms with Gasteiger partial charge in [-0.05, 0) is 75.3 Å². The zero-order valence-electron chi connectivity index (χ0n) is 14.8. The van der Waals surface area contributed by atoms with Crippen LogP contribution in [0.3, 0.4) is 0 Å². The van der Waals surface area contributed by atoms with Crippen molar-refractivity contribution in [3.05, 3.63) is 18.4 Å². The van der Waals surface area contributed by atoms with Crippen molar-refractivity contribution >= 4 is 17.7 Å². The molecule has 6 rings (SSSR count). The van der Waals surface area contributed by atoms with E-state index in [1.807, 2.05) is 6.92 Å². The van der Waals surface area contributed by atoms with E-state index < -0.39 is 0 Å². The van der Waals surface area contributed by atoms with Gasteiger partial charge in [-0.3, -0.25) is 4.79 Å². The van der Waals surface area contributed by atoms with E-state index in [-0.39, 0.29) is 16.7 Å². The molecular weight excluding hydrogens is 350 g/mol. The Labute approximate surface area is 156 Å². The lowest BCUT2D eigenvalue weighted by Crippen LogP contribution is -2.60. The van der Waals surface area contributed by atoms with Crippen LogP contribution in [-0.4, -0.2) is 26.9 Å². The topological polar surface area (TPSA) is 81.2 Å². The summed E-state index contributed by atoms with van der Waals surface area (Å²) in [5.74, 6) is 3.40. The molecule has 4 aliphatic carbocycles. The molecule has 1 amide bonds. The molecule has 2 aromatic heterocycles. The van der Waals surface area contributed by atoms with Crippen LogP contribution in [0.25, 0.3) is 11.7 Å². The summed E-state index contributed by atoms with van der Waals surface area (Å²) >= 11 is 1.30. The quantitative estimate of drug-likeness (QED) is 0.801. The molecule has 7 heteroatoms. The number of nitrogens with zero attached hydrogens (tertiary/aromatic N) is 2. The van der Waals surface area contributed by atoms with Crippen LogP contribution in [0, 0.1) is 17.8 Å². The van der Waals surface area contributed by atoms with Gasteiger partial charge in [0.15, 0.2) is 5.76 Å². The number of aromatic nitrogens is 2. The van der Waals surface area contributed by atoms with E-state index in [1.165, 1.54) is 31.0 Å². The lowest BCUT2D eigenvalue weighted by molar-refractivity contribution is -0.126. The Morgan fingerprint density at radius 1 is 1.23 bits per heavy atom. The van der Waals surface area contributed by atoms with Crippen LogP contribution in [-0.2, 0) is 4.79 Å². The highest BCUT2D eigenvalue weighted by molar-refractivity contribution is 8.00. The average Bonchev–Trinajstić information content (AvgIpc) is 3.23. The second-order valence-electron chi connectivity index (χ2n) is 8.30. The Kier molecular flexibility index (Phi) is 3.88. The number of carbonyl (C=O) groups excluding carboxylic acids is 1. The summed E-state index contributed by atoms with van der Waals surface area (Å²) in [5, 5.41) is 11.5. The van der Waals surface area contributed by atoms with Crippen molar-refractivity contribution < 1.29 is 13.6 Å². The van der Waals surface area contributed by atoms with Gasteiger partial charge < -0.3 is 14.2 Å². The summed E-state index contributed by atoms with van der Waals surface area (Å²) in [6.45, 7) is 1.90. The Hall–Kier alpha value is -1.76. The van der Waals surface area contributed by atoms with Crippen LogP contribution in [0.1, 0.15) is 45.4 Å². The van der Waals surface area contributed by atoms with Gasteiger partial charge >= 0.3 is 0 Å². The van der Waals surface area contributed by atoms with Crippen LogP contribution in [0.15, 0.2) is 32.5 Å². The molecule has 4 fully saturated rings. The highest BCUT2D eigenvalue weighted by atomic mass is 32.2. The molecular formula is C19H23N3O3S. The number of hydrogen-bond acceptors (Lipinski definition) is 6. The molecule has 6 nitrogen and oxygen atoms in total. The number of hydrogen-bond donors (Lipinski definition) is 1. The van der Waals surface area contributed by atoms with Crippen molar-refractivity contribution in [2.45, 2.75) is 61.5 Å². The van der Waals surface area contributed by atoms with Crippen LogP contribution in [0.5, 0.6) is 0 Å². The third-order valence-electron chi connectivity index (χ3n) is 6.21. The normalized spacial score (nSPS) is 33.3. The fourth-order valence-electron chi connectivity index (χ4n) is 5.59. The number of carbonyl (C=O) groups is 1. The van der Waals surface area contributed by atoms with Crippen LogP contribution >= 0.6 is 11.8 Å². The maximum Gasteiger partial charge on any atom is 0.284 e. The van der Waals surface area contributed by atoms with Gasteiger partial charge in [0.1, 0.15) is 0 Å². The minimum atomic E-state index is -0.270. The van der Waals surface area contributed by atoms with Crippen molar-refractivity contribution in [1.29, 1.82) is 0 Å². The molecule has 0 spiro atoms. The second kappa shape index (κ2) is 6.15. The molecule has 26 heavy (non-hydrogen) atoms. The lowest BCUT2D eigenvalue weighted by atomic mass is 9.53. The maximum atomic E-state index is 12.8. The van der Waals surface area contributed by atoms with E-state index in [9.17, 15) is 4.79 Å². The average molecular weight is 373 g/mol. The van der Waals surface area contributed by atoms with Crippen molar-refractivity contribution in [1.82, 2.24) is 15.5 Å². The first kappa shape index (κ1) is 16.4. The van der Waals surface area contributed by atoms with Gasteiger partial charge in [0.25, 0.3) is 11.1 Å². The number of thioether (sulfide) groups is 1. The molecule has 0 saturated heterocycles. The summed E-state index contributed by atoms with van der Waals surface area (Å²) in [5.41, 5.74) is 0.0365. The Balaban J connectivity index is 1.23. The third kappa shape index (κ3) is 2.96. The fourth-order valence-corrected chi connectivity index (χ4v) is 6.27. The standard InChI is InChI=1S/C19H23N3O3S/c1-11(26-18-22-21-17(25-18)15-3-2-4-24-15)16(23)20-19-8-12-5-13(9-19)7-14(6-12)10-19/h2-4,11-14H,5-10H2,1H3,(H,20,23). The van der Waals surface area contributed by atoms with Crippen LogP contribution in [0.2, 0.25) is 0 Å². The van der Waals surface area contributed by atoms with Gasteiger partial charge in [0, 0.05) is 5.54 Å². The summed E-state index contributed by atoms with van der Waals surface area (Å²) < 4.78 is 10.9. The summed E-state index contributed by atoms with van der Waals surface area (Å²) in [4.78, 5) is 12.8. The molecule has 0 aromatic carbocycles. The first-order chi connectivity index (χ1) is 12.6. The number of rotatable bonds is 5. The number of nitrogens with one attached hydrogen (secondary N) is 1. The second-order valence-corrected chi connectivity index (χ2v) is 9.59. The Morgan fingerprint density at radius 3 is 2.54 bits per heavy atom. The van der Waals surface area contributed by atoms with E-state index in [2.05, 4.69) is 15.5 Å². The highest BCUT2D eigenvalue weighted by Gasteiger charge is 2.51. The fraction of sp³-hybridized carbons (Fsp3) is 0.632. The molecule has 2 aromatic rings. The predicted molar refractivity (Wildman–Crippen MR) is 96.4 cm³/mol. The highest BCUT2D eigenvalue weighted by Crippen LogP contribution is 2.55. The van der Waals surface area contributed by atoms with Crippen LogP contribution < -0.4 is 5.32 Å². The minimum absolute atomic E-state index is 0.0365. The molecule has 4 saturated carbocycles. The van der Waals surface area contributed by atoms with Crippen molar-refractivity contribution in [3.8, 4) is 11.7 Å². The van der Waals surface area contributed by atoms with Gasteiger partial charge in [-0.25, -0.2) is 0 Å². The van der Waals surface area contributed by atoms with Gasteiger partial charge in [-0.1, -0.05) is 11.8 Å². The summed E-state index contributed by atoms with van der Waals surface area (Å²) in [6.07, 6.45) is 9.15. The Morgan fingerprint density at radius 2 is 1.92 bits per heavy atom. The van der Waals surface area contributed by atoms with Crippen molar-refractivity contribution in [2.75, 3.05) is 0 Å². The minimum Gasteiger partial charge on any atom is -0.459 e. The smallest absolute Gasteiger partial charge is 0.284 e. The molecule has 4 bridgehead atoms. The summed E-state index contributed by atoms with van der Waals surface area (Å²) in [7, 11) is 0. The maximum absolute atomic E-state index is 12.8. The van der Waals surface area contributed by atoms with Gasteiger partial charge in [-0.15, -0.1) is 10.2 Å².